The van der Waals surface area contributed by atoms with Gasteiger partial charge in [0, 0.05) is 15.9 Å². The third-order valence-corrected chi connectivity index (χ3v) is 5.51. The highest BCUT2D eigenvalue weighted by Gasteiger charge is 2.08. The highest BCUT2D eigenvalue weighted by Crippen LogP contribution is 2.23. The second-order valence-electron chi connectivity index (χ2n) is 4.68. The lowest BCUT2D eigenvalue weighted by molar-refractivity contribution is 0.677. The molecule has 2 aromatic rings. The van der Waals surface area contributed by atoms with Crippen molar-refractivity contribution >= 4 is 32.4 Å². The average molecular weight is 352 g/mol. The number of nitrogens with two attached hydrogens (primary N) is 1. The monoisotopic (exact) mass is 351 g/mol. The minimum Gasteiger partial charge on any atom is -0.399 e. The molecule has 0 spiro atoms. The Morgan fingerprint density at radius 1 is 1.05 bits per heavy atom. The van der Waals surface area contributed by atoms with Crippen LogP contribution in [0.3, 0.4) is 0 Å². The Labute approximate surface area is 131 Å². The second kappa shape index (κ2) is 7.60. The molecule has 0 aliphatic carbocycles. The average Bonchev–Trinajstić information content (AvgIpc) is 2.44. The van der Waals surface area contributed by atoms with Crippen LogP contribution in [0.1, 0.15) is 18.4 Å². The molecule has 0 aromatic heterocycles. The van der Waals surface area contributed by atoms with Crippen molar-refractivity contribution in [3.8, 4) is 0 Å². The molecule has 0 saturated carbocycles. The third kappa shape index (κ3) is 4.46. The van der Waals surface area contributed by atoms with Gasteiger partial charge in [-0.05, 0) is 59.0 Å². The van der Waals surface area contributed by atoms with Gasteiger partial charge < -0.3 is 5.73 Å². The van der Waals surface area contributed by atoms with E-state index in [1.165, 1.54) is 5.56 Å². The molecule has 2 rings (SSSR count). The first-order valence-corrected chi connectivity index (χ1v) is 8.75. The molecular formula is C16H18BrNOS. The van der Waals surface area contributed by atoms with Gasteiger partial charge in [0.25, 0.3) is 0 Å². The summed E-state index contributed by atoms with van der Waals surface area (Å²) in [6.07, 6.45) is 3.06. The lowest BCUT2D eigenvalue weighted by Crippen LogP contribution is -2.00. The standard InChI is InChI=1S/C16H18BrNOS/c17-15-12-14(18)9-10-16(15)20(19)11-5-4-8-13-6-2-1-3-7-13/h1-3,6-7,9-10,12H,4-5,8,11,18H2. The van der Waals surface area contributed by atoms with Crippen molar-refractivity contribution in [3.63, 3.8) is 0 Å². The maximum Gasteiger partial charge on any atom is 0.0541 e. The summed E-state index contributed by atoms with van der Waals surface area (Å²) in [6, 6.07) is 15.8. The first kappa shape index (κ1) is 15.3. The highest BCUT2D eigenvalue weighted by atomic mass is 79.9. The Morgan fingerprint density at radius 3 is 2.50 bits per heavy atom. The Morgan fingerprint density at radius 2 is 1.80 bits per heavy atom. The molecule has 0 aliphatic rings. The number of unbranched alkanes of at least 4 members (excludes halogenated alkanes) is 1. The van der Waals surface area contributed by atoms with E-state index in [-0.39, 0.29) is 0 Å². The van der Waals surface area contributed by atoms with E-state index in [1.807, 2.05) is 12.1 Å². The van der Waals surface area contributed by atoms with Gasteiger partial charge >= 0.3 is 0 Å². The lowest BCUT2D eigenvalue weighted by atomic mass is 10.1. The zero-order valence-electron chi connectivity index (χ0n) is 11.2. The van der Waals surface area contributed by atoms with Gasteiger partial charge in [-0.2, -0.15) is 0 Å². The molecule has 0 amide bonds. The molecule has 2 N–H and O–H groups in total. The molecule has 0 heterocycles. The fourth-order valence-electron chi connectivity index (χ4n) is 2.02. The molecular weight excluding hydrogens is 334 g/mol. The number of nitrogen functional groups attached to an aromatic ring is 1. The summed E-state index contributed by atoms with van der Waals surface area (Å²) >= 11 is 3.42. The summed E-state index contributed by atoms with van der Waals surface area (Å²) in [5.74, 6) is 0.690. The maximum atomic E-state index is 12.2. The van der Waals surface area contributed by atoms with Crippen LogP contribution in [-0.4, -0.2) is 9.96 Å². The minimum absolute atomic E-state index is 0.682. The number of anilines is 1. The maximum absolute atomic E-state index is 12.2. The highest BCUT2D eigenvalue weighted by molar-refractivity contribution is 9.10. The van der Waals surface area contributed by atoms with Crippen molar-refractivity contribution in [2.45, 2.75) is 24.2 Å². The largest absolute Gasteiger partial charge is 0.399 e. The van der Waals surface area contributed by atoms with E-state index in [2.05, 4.69) is 40.2 Å². The van der Waals surface area contributed by atoms with Crippen molar-refractivity contribution in [2.75, 3.05) is 11.5 Å². The van der Waals surface area contributed by atoms with Crippen molar-refractivity contribution in [2.24, 2.45) is 0 Å². The van der Waals surface area contributed by atoms with E-state index in [0.717, 1.165) is 28.6 Å². The predicted octanol–water partition coefficient (Wildman–Crippen LogP) is 4.16. The molecule has 20 heavy (non-hydrogen) atoms. The summed E-state index contributed by atoms with van der Waals surface area (Å²) < 4.78 is 13.1. The molecule has 4 heteroatoms. The lowest BCUT2D eigenvalue weighted by Gasteiger charge is -2.06. The molecule has 0 bridgehead atoms. The molecule has 0 aliphatic heterocycles. The molecule has 1 atom stereocenters. The topological polar surface area (TPSA) is 43.1 Å². The van der Waals surface area contributed by atoms with Crippen LogP contribution in [0.25, 0.3) is 0 Å². The summed E-state index contributed by atoms with van der Waals surface area (Å²) in [4.78, 5) is 0.832. The van der Waals surface area contributed by atoms with Crippen LogP contribution in [0.15, 0.2) is 57.9 Å². The van der Waals surface area contributed by atoms with E-state index in [0.29, 0.717) is 11.4 Å². The number of halogens is 1. The summed E-state index contributed by atoms with van der Waals surface area (Å²) in [5.41, 5.74) is 7.71. The summed E-state index contributed by atoms with van der Waals surface area (Å²) in [7, 11) is -0.964. The van der Waals surface area contributed by atoms with Gasteiger partial charge in [0.05, 0.1) is 15.7 Å². The van der Waals surface area contributed by atoms with Gasteiger partial charge in [-0.15, -0.1) is 0 Å². The zero-order chi connectivity index (χ0) is 14.4. The quantitative estimate of drug-likeness (QED) is 0.627. The second-order valence-corrected chi connectivity index (χ2v) is 7.08. The van der Waals surface area contributed by atoms with E-state index in [1.54, 1.807) is 12.1 Å². The van der Waals surface area contributed by atoms with Gasteiger partial charge in [-0.25, -0.2) is 0 Å². The fraction of sp³-hybridized carbons (Fsp3) is 0.250. The van der Waals surface area contributed by atoms with Gasteiger partial charge in [0.15, 0.2) is 0 Å². The SMILES string of the molecule is Nc1ccc(S(=O)CCCCc2ccccc2)c(Br)c1. The molecule has 0 radical (unpaired) electrons. The smallest absolute Gasteiger partial charge is 0.0541 e. The van der Waals surface area contributed by atoms with Crippen molar-refractivity contribution < 1.29 is 4.21 Å². The van der Waals surface area contributed by atoms with Gasteiger partial charge in [-0.3, -0.25) is 4.21 Å². The van der Waals surface area contributed by atoms with Gasteiger partial charge in [0.1, 0.15) is 0 Å². The molecule has 2 aromatic carbocycles. The van der Waals surface area contributed by atoms with Crippen LogP contribution < -0.4 is 5.73 Å². The minimum atomic E-state index is -0.964. The summed E-state index contributed by atoms with van der Waals surface area (Å²) in [5, 5.41) is 0. The van der Waals surface area contributed by atoms with Crippen molar-refractivity contribution in [1.82, 2.24) is 0 Å². The molecule has 2 nitrogen and oxygen atoms in total. The summed E-state index contributed by atoms with van der Waals surface area (Å²) in [6.45, 7) is 0. The van der Waals surface area contributed by atoms with Crippen LogP contribution >= 0.6 is 15.9 Å². The van der Waals surface area contributed by atoms with E-state index in [4.69, 9.17) is 5.73 Å². The molecule has 1 unspecified atom stereocenters. The molecule has 0 fully saturated rings. The van der Waals surface area contributed by atoms with Crippen LogP contribution in [0, 0.1) is 0 Å². The number of hydrogen-bond donors (Lipinski definition) is 1. The van der Waals surface area contributed by atoms with Gasteiger partial charge in [0.2, 0.25) is 0 Å². The van der Waals surface area contributed by atoms with Crippen molar-refractivity contribution in [1.29, 1.82) is 0 Å². The number of aryl methyl sites for hydroxylation is 1. The van der Waals surface area contributed by atoms with E-state index < -0.39 is 10.8 Å². The molecule has 106 valence electrons. The first-order valence-electron chi connectivity index (χ1n) is 6.64. The van der Waals surface area contributed by atoms with Crippen LogP contribution in [0.4, 0.5) is 5.69 Å². The van der Waals surface area contributed by atoms with Crippen molar-refractivity contribution in [3.05, 3.63) is 58.6 Å². The van der Waals surface area contributed by atoms with E-state index in [9.17, 15) is 4.21 Å². The first-order chi connectivity index (χ1) is 9.66. The fourth-order valence-corrected chi connectivity index (χ4v) is 4.14. The normalized spacial score (nSPS) is 12.2. The van der Waals surface area contributed by atoms with Gasteiger partial charge in [-0.1, -0.05) is 30.3 Å². The Kier molecular flexibility index (Phi) is 5.80. The Balaban J connectivity index is 1.80. The number of rotatable bonds is 6. The van der Waals surface area contributed by atoms with E-state index >= 15 is 0 Å². The van der Waals surface area contributed by atoms with Crippen LogP contribution in [0.2, 0.25) is 0 Å². The van der Waals surface area contributed by atoms with Crippen LogP contribution in [-0.2, 0) is 17.2 Å². The Hall–Kier alpha value is -1.13. The third-order valence-electron chi connectivity index (χ3n) is 3.09. The predicted molar refractivity (Wildman–Crippen MR) is 89.2 cm³/mol. The Bertz CT molecular complexity index is 586. The van der Waals surface area contributed by atoms with Crippen LogP contribution in [0.5, 0.6) is 0 Å². The number of benzene rings is 2. The molecule has 0 saturated heterocycles. The zero-order valence-corrected chi connectivity index (χ0v) is 13.6. The number of hydrogen-bond acceptors (Lipinski definition) is 2.